The molecule has 0 aliphatic rings. The highest BCUT2D eigenvalue weighted by atomic mass is 32.2. The van der Waals surface area contributed by atoms with Gasteiger partial charge in [0.1, 0.15) is 0 Å². The van der Waals surface area contributed by atoms with Crippen LogP contribution in [0.15, 0.2) is 23.1 Å². The van der Waals surface area contributed by atoms with Crippen LogP contribution in [0.2, 0.25) is 0 Å². The smallest absolute Gasteiger partial charge is 0.181 e. The predicted octanol–water partition coefficient (Wildman–Crippen LogP) is 2.46. The maximum atomic E-state index is 12.4. The summed E-state index contributed by atoms with van der Waals surface area (Å²) in [6.45, 7) is 7.69. The maximum Gasteiger partial charge on any atom is 0.181 e. The van der Waals surface area contributed by atoms with Crippen molar-refractivity contribution in [3.8, 4) is 0 Å². The molecule has 2 unspecified atom stereocenters. The Labute approximate surface area is 111 Å². The van der Waals surface area contributed by atoms with E-state index in [1.807, 2.05) is 33.9 Å². The zero-order valence-electron chi connectivity index (χ0n) is 11.8. The lowest BCUT2D eigenvalue weighted by molar-refractivity contribution is 0.530. The Morgan fingerprint density at radius 2 is 1.78 bits per heavy atom. The average Bonchev–Trinajstić information content (AvgIpc) is 2.32. The molecule has 1 aromatic rings. The van der Waals surface area contributed by atoms with E-state index in [1.54, 1.807) is 19.1 Å². The van der Waals surface area contributed by atoms with Gasteiger partial charge in [-0.1, -0.05) is 6.07 Å². The molecular weight excluding hydrogens is 246 g/mol. The van der Waals surface area contributed by atoms with E-state index in [4.69, 9.17) is 0 Å². The molecule has 0 heterocycles. The summed E-state index contributed by atoms with van der Waals surface area (Å²) in [5, 5.41) is 2.70. The van der Waals surface area contributed by atoms with Gasteiger partial charge in [0.25, 0.3) is 0 Å². The monoisotopic (exact) mass is 269 g/mol. The van der Waals surface area contributed by atoms with E-state index in [0.29, 0.717) is 11.3 Å². The van der Waals surface area contributed by atoms with Crippen molar-refractivity contribution < 1.29 is 8.42 Å². The van der Waals surface area contributed by atoms with Crippen LogP contribution in [0.25, 0.3) is 0 Å². The van der Waals surface area contributed by atoms with Crippen LogP contribution in [-0.4, -0.2) is 26.8 Å². The maximum absolute atomic E-state index is 12.4. The number of rotatable bonds is 5. The quantitative estimate of drug-likeness (QED) is 0.893. The second kappa shape index (κ2) is 5.85. The third kappa shape index (κ3) is 3.33. The molecule has 0 aliphatic heterocycles. The van der Waals surface area contributed by atoms with Gasteiger partial charge in [0.15, 0.2) is 9.84 Å². The number of nitrogens with one attached hydrogen (secondary N) is 1. The van der Waals surface area contributed by atoms with Crippen molar-refractivity contribution in [2.75, 3.05) is 7.05 Å². The van der Waals surface area contributed by atoms with E-state index >= 15 is 0 Å². The zero-order valence-corrected chi connectivity index (χ0v) is 12.6. The molecule has 1 aromatic carbocycles. The van der Waals surface area contributed by atoms with E-state index in [9.17, 15) is 8.42 Å². The lowest BCUT2D eigenvalue weighted by Gasteiger charge is -2.18. The summed E-state index contributed by atoms with van der Waals surface area (Å²) >= 11 is 0. The Morgan fingerprint density at radius 1 is 1.17 bits per heavy atom. The summed E-state index contributed by atoms with van der Waals surface area (Å²) in [4.78, 5) is 0.432. The van der Waals surface area contributed by atoms with E-state index in [0.717, 1.165) is 11.1 Å². The van der Waals surface area contributed by atoms with Crippen molar-refractivity contribution in [3.05, 3.63) is 29.3 Å². The molecule has 0 amide bonds. The van der Waals surface area contributed by atoms with Gasteiger partial charge in [-0.2, -0.15) is 0 Å². The van der Waals surface area contributed by atoms with Crippen LogP contribution in [0.1, 0.15) is 31.4 Å². The summed E-state index contributed by atoms with van der Waals surface area (Å²) < 4.78 is 24.8. The molecule has 18 heavy (non-hydrogen) atoms. The molecule has 0 bridgehead atoms. The van der Waals surface area contributed by atoms with Crippen molar-refractivity contribution >= 4 is 9.84 Å². The average molecular weight is 269 g/mol. The van der Waals surface area contributed by atoms with E-state index in [1.165, 1.54) is 0 Å². The van der Waals surface area contributed by atoms with Crippen molar-refractivity contribution in [2.45, 2.75) is 50.3 Å². The van der Waals surface area contributed by atoms with Crippen molar-refractivity contribution in [1.82, 2.24) is 5.32 Å². The molecule has 0 aliphatic carbocycles. The summed E-state index contributed by atoms with van der Waals surface area (Å²) in [7, 11) is -1.38. The van der Waals surface area contributed by atoms with Gasteiger partial charge in [-0.15, -0.1) is 0 Å². The molecule has 0 radical (unpaired) electrons. The van der Waals surface area contributed by atoms with E-state index in [2.05, 4.69) is 5.32 Å². The first-order valence-electron chi connectivity index (χ1n) is 6.27. The predicted molar refractivity (Wildman–Crippen MR) is 75.7 cm³/mol. The molecule has 0 spiro atoms. The molecule has 0 saturated heterocycles. The molecule has 4 heteroatoms. The van der Waals surface area contributed by atoms with Gasteiger partial charge in [-0.25, -0.2) is 8.42 Å². The number of hydrogen-bond acceptors (Lipinski definition) is 3. The van der Waals surface area contributed by atoms with Crippen LogP contribution in [-0.2, 0) is 9.84 Å². The molecule has 0 saturated carbocycles. The normalized spacial score (nSPS) is 15.4. The van der Waals surface area contributed by atoms with Crippen LogP contribution >= 0.6 is 0 Å². The van der Waals surface area contributed by atoms with Gasteiger partial charge >= 0.3 is 0 Å². The minimum atomic E-state index is -3.22. The van der Waals surface area contributed by atoms with E-state index in [-0.39, 0.29) is 11.3 Å². The Morgan fingerprint density at radius 3 is 2.28 bits per heavy atom. The summed E-state index contributed by atoms with van der Waals surface area (Å²) in [5.74, 6) is 0. The van der Waals surface area contributed by atoms with Crippen molar-refractivity contribution in [1.29, 1.82) is 0 Å². The Balaban J connectivity index is 3.02. The SMILES string of the molecule is CNC(C)CC(C)S(=O)(=O)c1ccc(C)c(C)c1. The fourth-order valence-electron chi connectivity index (χ4n) is 1.87. The number of aryl methyl sites for hydroxylation is 2. The number of hydrogen-bond donors (Lipinski definition) is 1. The van der Waals surface area contributed by atoms with Crippen LogP contribution in [0.5, 0.6) is 0 Å². The lowest BCUT2D eigenvalue weighted by atomic mass is 10.1. The first kappa shape index (κ1) is 15.2. The van der Waals surface area contributed by atoms with Crippen molar-refractivity contribution in [3.63, 3.8) is 0 Å². The standard InChI is InChI=1S/C14H23NO2S/c1-10-6-7-14(8-11(10)2)18(16,17)13(4)9-12(3)15-5/h6-8,12-13,15H,9H2,1-5H3. The van der Waals surface area contributed by atoms with Crippen LogP contribution in [0.3, 0.4) is 0 Å². The Hall–Kier alpha value is -0.870. The second-order valence-corrected chi connectivity index (χ2v) is 7.39. The van der Waals surface area contributed by atoms with E-state index < -0.39 is 9.84 Å². The molecule has 1 rings (SSSR count). The Bertz CT molecular complexity index is 509. The zero-order chi connectivity index (χ0) is 13.9. The molecule has 102 valence electrons. The lowest BCUT2D eigenvalue weighted by Crippen LogP contribution is -2.29. The highest BCUT2D eigenvalue weighted by Crippen LogP contribution is 2.21. The van der Waals surface area contributed by atoms with Gasteiger partial charge in [0.2, 0.25) is 0 Å². The highest BCUT2D eigenvalue weighted by Gasteiger charge is 2.24. The number of sulfone groups is 1. The summed E-state index contributed by atoms with van der Waals surface area (Å²) in [6.07, 6.45) is 0.617. The molecule has 0 fully saturated rings. The van der Waals surface area contributed by atoms with Gasteiger partial charge in [-0.3, -0.25) is 0 Å². The third-order valence-corrected chi connectivity index (χ3v) is 5.68. The first-order valence-corrected chi connectivity index (χ1v) is 7.82. The minimum absolute atomic E-state index is 0.196. The fraction of sp³-hybridized carbons (Fsp3) is 0.571. The molecular formula is C14H23NO2S. The molecule has 2 atom stereocenters. The highest BCUT2D eigenvalue weighted by molar-refractivity contribution is 7.92. The topological polar surface area (TPSA) is 46.2 Å². The van der Waals surface area contributed by atoms with Gasteiger partial charge < -0.3 is 5.32 Å². The first-order chi connectivity index (χ1) is 8.28. The molecule has 1 N–H and O–H groups in total. The largest absolute Gasteiger partial charge is 0.317 e. The molecule has 3 nitrogen and oxygen atoms in total. The van der Waals surface area contributed by atoms with Gasteiger partial charge in [0.05, 0.1) is 10.1 Å². The van der Waals surface area contributed by atoms with Gasteiger partial charge in [0, 0.05) is 6.04 Å². The number of benzene rings is 1. The van der Waals surface area contributed by atoms with Crippen LogP contribution in [0.4, 0.5) is 0 Å². The van der Waals surface area contributed by atoms with Gasteiger partial charge in [-0.05, 0) is 64.4 Å². The fourth-order valence-corrected chi connectivity index (χ4v) is 3.47. The minimum Gasteiger partial charge on any atom is -0.317 e. The summed E-state index contributed by atoms with van der Waals surface area (Å²) in [5.41, 5.74) is 2.13. The van der Waals surface area contributed by atoms with Crippen LogP contribution in [0, 0.1) is 13.8 Å². The molecule has 0 aromatic heterocycles. The Kier molecular flexibility index (Phi) is 4.93. The second-order valence-electron chi connectivity index (χ2n) is 5.03. The summed E-state index contributed by atoms with van der Waals surface area (Å²) in [6, 6.07) is 5.54. The van der Waals surface area contributed by atoms with Crippen LogP contribution < -0.4 is 5.32 Å². The van der Waals surface area contributed by atoms with Crippen molar-refractivity contribution in [2.24, 2.45) is 0 Å². The third-order valence-electron chi connectivity index (χ3n) is 3.51.